The molecule has 0 saturated carbocycles. The molecule has 2 amide bonds. The van der Waals surface area contributed by atoms with Gasteiger partial charge in [0.05, 0.1) is 28.7 Å². The van der Waals surface area contributed by atoms with Gasteiger partial charge in [0.25, 0.3) is 11.5 Å². The summed E-state index contributed by atoms with van der Waals surface area (Å²) in [5, 5.41) is 17.1. The predicted octanol–water partition coefficient (Wildman–Crippen LogP) is 4.66. The summed E-state index contributed by atoms with van der Waals surface area (Å²) in [5.41, 5.74) is -0.382. The first-order chi connectivity index (χ1) is 23.5. The zero-order valence-corrected chi connectivity index (χ0v) is 26.6. The zero-order valence-electron chi connectivity index (χ0n) is 26.6. The minimum atomic E-state index is -4.75. The highest BCUT2D eigenvalue weighted by atomic mass is 19.4. The normalized spacial score (nSPS) is 15.7. The highest BCUT2D eigenvalue weighted by Crippen LogP contribution is 2.32. The highest BCUT2D eigenvalue weighted by molar-refractivity contribution is 5.96. The topological polar surface area (TPSA) is 138 Å². The number of benzene rings is 1. The number of aromatic nitrogens is 5. The fourth-order valence-electron chi connectivity index (χ4n) is 6.28. The maximum absolute atomic E-state index is 14.7. The Bertz CT molecular complexity index is 2000. The number of hydrogen-bond donors (Lipinski definition) is 2. The van der Waals surface area contributed by atoms with Crippen molar-refractivity contribution in [1.29, 1.82) is 0 Å². The molecule has 0 unspecified atom stereocenters. The van der Waals surface area contributed by atoms with Crippen molar-refractivity contribution in [2.75, 3.05) is 36.4 Å². The number of aromatic hydroxyl groups is 1. The molecule has 49 heavy (non-hydrogen) atoms. The van der Waals surface area contributed by atoms with Crippen molar-refractivity contribution in [3.8, 4) is 5.75 Å². The Labute approximate surface area is 277 Å². The van der Waals surface area contributed by atoms with Gasteiger partial charge in [0, 0.05) is 32.4 Å². The molecule has 0 radical (unpaired) electrons. The van der Waals surface area contributed by atoms with E-state index in [1.165, 1.54) is 23.0 Å². The van der Waals surface area contributed by atoms with Gasteiger partial charge in [-0.25, -0.2) is 4.39 Å². The molecule has 0 atom stereocenters. The number of anilines is 2. The second-order valence-corrected chi connectivity index (χ2v) is 11.9. The number of fused-ring (bicyclic) bond motifs is 1. The minimum absolute atomic E-state index is 0.0933. The van der Waals surface area contributed by atoms with Gasteiger partial charge in [-0.05, 0) is 61.9 Å². The van der Waals surface area contributed by atoms with Crippen LogP contribution in [0.5, 0.6) is 5.75 Å². The van der Waals surface area contributed by atoms with Crippen LogP contribution in [0.25, 0.3) is 11.4 Å². The lowest BCUT2D eigenvalue weighted by Gasteiger charge is -2.36. The molecule has 2 aliphatic rings. The lowest BCUT2D eigenvalue weighted by molar-refractivity contribution is -0.137. The molecule has 0 bridgehead atoms. The van der Waals surface area contributed by atoms with E-state index in [2.05, 4.69) is 21.5 Å². The number of alkyl halides is 3. The van der Waals surface area contributed by atoms with Crippen LogP contribution in [0.1, 0.15) is 66.5 Å². The maximum atomic E-state index is 14.7. The number of pyridine rings is 1. The number of piperazine rings is 1. The zero-order chi connectivity index (χ0) is 34.9. The van der Waals surface area contributed by atoms with Crippen molar-refractivity contribution in [2.45, 2.75) is 58.2 Å². The van der Waals surface area contributed by atoms with E-state index in [1.807, 2.05) is 4.90 Å². The molecule has 6 rings (SSSR count). The van der Waals surface area contributed by atoms with Crippen molar-refractivity contribution in [3.63, 3.8) is 0 Å². The van der Waals surface area contributed by atoms with Crippen molar-refractivity contribution in [2.24, 2.45) is 0 Å². The van der Waals surface area contributed by atoms with E-state index in [1.54, 1.807) is 11.8 Å². The number of carbonyl (C=O) groups is 2. The summed E-state index contributed by atoms with van der Waals surface area (Å²) in [6.45, 7) is 2.31. The number of nitrogens with one attached hydrogen (secondary N) is 1. The molecule has 16 heteroatoms. The second-order valence-electron chi connectivity index (χ2n) is 11.9. The summed E-state index contributed by atoms with van der Waals surface area (Å²) in [4.78, 5) is 52.5. The first kappa shape index (κ1) is 33.6. The standard InChI is InChI=1S/C33H34F4N8O4/c1-2-25-28(42-13-15-43(16-14-42)30(48)22-11-12-38-18-26(22)46)31(49)45-32(40-29(41-45)20-7-5-3-4-6-8-20)44(25)19-27(47)39-24-10-9-21(17-23(24)34)33(35,36)37/h7,9-12,17-18,46H,2-6,8,13-16,19H2,1H3,(H,39,47). The number of amides is 2. The van der Waals surface area contributed by atoms with E-state index >= 15 is 0 Å². The third-order valence-corrected chi connectivity index (χ3v) is 8.77. The Balaban J connectivity index is 1.36. The first-order valence-electron chi connectivity index (χ1n) is 16.0. The molecule has 3 aromatic heterocycles. The molecular formula is C33H34F4N8O4. The van der Waals surface area contributed by atoms with Crippen LogP contribution in [-0.4, -0.2) is 72.1 Å². The van der Waals surface area contributed by atoms with E-state index in [9.17, 15) is 37.1 Å². The summed E-state index contributed by atoms with van der Waals surface area (Å²) in [6, 6.07) is 3.27. The van der Waals surface area contributed by atoms with Crippen LogP contribution in [0.4, 0.5) is 28.9 Å². The van der Waals surface area contributed by atoms with Gasteiger partial charge in [-0.2, -0.15) is 22.7 Å². The molecule has 1 aliphatic heterocycles. The molecule has 0 spiro atoms. The second kappa shape index (κ2) is 13.7. The molecule has 12 nitrogen and oxygen atoms in total. The molecule has 4 aromatic rings. The molecule has 4 heterocycles. The van der Waals surface area contributed by atoms with Gasteiger partial charge in [-0.15, -0.1) is 5.10 Å². The van der Waals surface area contributed by atoms with Crippen molar-refractivity contribution < 1.29 is 32.3 Å². The van der Waals surface area contributed by atoms with Gasteiger partial charge in [-0.3, -0.25) is 19.4 Å². The van der Waals surface area contributed by atoms with Crippen LogP contribution < -0.4 is 15.8 Å². The first-order valence-corrected chi connectivity index (χ1v) is 16.0. The van der Waals surface area contributed by atoms with Crippen molar-refractivity contribution in [1.82, 2.24) is 29.0 Å². The molecule has 1 saturated heterocycles. The van der Waals surface area contributed by atoms with Gasteiger partial charge >= 0.3 is 6.18 Å². The van der Waals surface area contributed by atoms with Crippen LogP contribution in [0.3, 0.4) is 0 Å². The Morgan fingerprint density at radius 1 is 1.06 bits per heavy atom. The summed E-state index contributed by atoms with van der Waals surface area (Å²) in [6.07, 6.45) is 4.71. The van der Waals surface area contributed by atoms with Gasteiger partial charge in [-0.1, -0.05) is 19.4 Å². The smallest absolute Gasteiger partial charge is 0.416 e. The van der Waals surface area contributed by atoms with Gasteiger partial charge in [0.15, 0.2) is 5.82 Å². The highest BCUT2D eigenvalue weighted by Gasteiger charge is 2.32. The van der Waals surface area contributed by atoms with Gasteiger partial charge in [0.2, 0.25) is 11.7 Å². The molecule has 2 N–H and O–H groups in total. The maximum Gasteiger partial charge on any atom is 0.416 e. The monoisotopic (exact) mass is 682 g/mol. The van der Waals surface area contributed by atoms with E-state index < -0.39 is 41.3 Å². The van der Waals surface area contributed by atoms with E-state index in [0.29, 0.717) is 23.7 Å². The largest absolute Gasteiger partial charge is 0.505 e. The molecule has 1 aliphatic carbocycles. The Hall–Kier alpha value is -5.28. The lowest BCUT2D eigenvalue weighted by atomic mass is 10.1. The molecular weight excluding hydrogens is 648 g/mol. The minimum Gasteiger partial charge on any atom is -0.505 e. The van der Waals surface area contributed by atoms with Crippen LogP contribution >= 0.6 is 0 Å². The lowest BCUT2D eigenvalue weighted by Crippen LogP contribution is -2.51. The van der Waals surface area contributed by atoms with Crippen LogP contribution in [0.2, 0.25) is 0 Å². The Morgan fingerprint density at radius 3 is 2.53 bits per heavy atom. The third-order valence-electron chi connectivity index (χ3n) is 8.77. The summed E-state index contributed by atoms with van der Waals surface area (Å²) >= 11 is 0. The van der Waals surface area contributed by atoms with Crippen LogP contribution in [-0.2, 0) is 23.9 Å². The van der Waals surface area contributed by atoms with Crippen LogP contribution in [0.15, 0.2) is 47.5 Å². The Morgan fingerprint density at radius 2 is 1.84 bits per heavy atom. The third kappa shape index (κ3) is 6.85. The predicted molar refractivity (Wildman–Crippen MR) is 172 cm³/mol. The van der Waals surface area contributed by atoms with Gasteiger partial charge in [0.1, 0.15) is 23.8 Å². The number of halogens is 4. The van der Waals surface area contributed by atoms with Crippen molar-refractivity contribution >= 4 is 34.5 Å². The van der Waals surface area contributed by atoms with E-state index in [4.69, 9.17) is 4.98 Å². The summed E-state index contributed by atoms with van der Waals surface area (Å²) in [7, 11) is 0. The molecule has 1 aromatic carbocycles. The number of nitrogens with zero attached hydrogens (tertiary/aromatic N) is 7. The van der Waals surface area contributed by atoms with Crippen molar-refractivity contribution in [3.05, 3.63) is 81.6 Å². The Kier molecular flexibility index (Phi) is 9.39. The summed E-state index contributed by atoms with van der Waals surface area (Å²) in [5.74, 6) is -2.17. The fraction of sp³-hybridized carbons (Fsp3) is 0.394. The average molecular weight is 683 g/mol. The quantitative estimate of drug-likeness (QED) is 0.269. The number of hydrogen-bond acceptors (Lipinski definition) is 8. The SMILES string of the molecule is CCc1c(N2CCN(C(=O)c3ccncc3O)CC2)c(=O)n2nc(C3=CCCCCC3)nc2n1CC(=O)Nc1ccc(C(F)(F)F)cc1F. The fourth-order valence-corrected chi connectivity index (χ4v) is 6.28. The van der Waals surface area contributed by atoms with E-state index in [0.717, 1.165) is 48.3 Å². The number of allylic oxidation sites excluding steroid dienone is 2. The molecule has 1 fully saturated rings. The number of rotatable bonds is 7. The number of carbonyl (C=O) groups excluding carboxylic acids is 2. The molecule has 258 valence electrons. The van der Waals surface area contributed by atoms with E-state index in [-0.39, 0.29) is 61.3 Å². The average Bonchev–Trinajstić information content (AvgIpc) is 3.35. The summed E-state index contributed by atoms with van der Waals surface area (Å²) < 4.78 is 56.6. The van der Waals surface area contributed by atoms with Crippen LogP contribution in [0, 0.1) is 5.82 Å². The van der Waals surface area contributed by atoms with Gasteiger partial charge < -0.3 is 24.8 Å².